The molecule has 0 bridgehead atoms. The summed E-state index contributed by atoms with van der Waals surface area (Å²) in [6.45, 7) is 0. The van der Waals surface area contributed by atoms with Crippen LogP contribution < -0.4 is 0 Å². The molecule has 0 aliphatic carbocycles. The van der Waals surface area contributed by atoms with E-state index in [4.69, 9.17) is 0 Å². The van der Waals surface area contributed by atoms with Crippen LogP contribution in [0.4, 0.5) is 5.69 Å². The van der Waals surface area contributed by atoms with Gasteiger partial charge in [-0.1, -0.05) is 24.3 Å². The summed E-state index contributed by atoms with van der Waals surface area (Å²) in [5, 5.41) is 1.85. The molecule has 0 spiro atoms. The van der Waals surface area contributed by atoms with Crippen molar-refractivity contribution in [1.82, 2.24) is 0 Å². The number of nitrogens with zero attached hydrogens (tertiary/aromatic N) is 1. The van der Waals surface area contributed by atoms with Gasteiger partial charge in [0, 0.05) is 32.3 Å². The molecule has 4 aromatic rings. The van der Waals surface area contributed by atoms with Gasteiger partial charge in [0.1, 0.15) is 14.7 Å². The number of hydrogen-bond donors (Lipinski definition) is 3. The van der Waals surface area contributed by atoms with Crippen molar-refractivity contribution >= 4 is 174 Å². The van der Waals surface area contributed by atoms with Crippen LogP contribution in [0.25, 0.3) is 32.3 Å². The van der Waals surface area contributed by atoms with Crippen LogP contribution in [0.15, 0.2) is 56.1 Å². The SMILES string of the molecule is O=S(=O)(O)c1cc(N=C=S)c2ccc3c(S(=O)(=O)O)cc(S(=O)(=O)O)c4ccc1c2c34.[NaH].[NaH].[NaH]. The molecule has 0 fully saturated rings. The van der Waals surface area contributed by atoms with E-state index in [0.29, 0.717) is 6.07 Å². The van der Waals surface area contributed by atoms with Crippen molar-refractivity contribution in [2.45, 2.75) is 14.7 Å². The maximum absolute atomic E-state index is 12.0. The van der Waals surface area contributed by atoms with Gasteiger partial charge in [0.25, 0.3) is 30.4 Å². The predicted octanol–water partition coefficient (Wildman–Crippen LogP) is 1.11. The summed E-state index contributed by atoms with van der Waals surface area (Å²) < 4.78 is 101. The zero-order valence-electron chi connectivity index (χ0n) is 14.8. The van der Waals surface area contributed by atoms with E-state index < -0.39 is 45.0 Å². The van der Waals surface area contributed by atoms with Crippen LogP contribution in [-0.4, -0.2) is 133 Å². The quantitative estimate of drug-likeness (QED) is 0.106. The zero-order chi connectivity index (χ0) is 22.9. The van der Waals surface area contributed by atoms with Crippen LogP contribution in [0.3, 0.4) is 0 Å². The van der Waals surface area contributed by atoms with Gasteiger partial charge in [-0.2, -0.15) is 30.2 Å². The summed E-state index contributed by atoms with van der Waals surface area (Å²) in [7, 11) is -14.7. The summed E-state index contributed by atoms with van der Waals surface area (Å²) in [6.07, 6.45) is 0. The Bertz CT molecular complexity index is 1760. The normalized spacial score (nSPS) is 12.0. The minimum absolute atomic E-state index is 0. The predicted molar refractivity (Wildman–Crippen MR) is 136 cm³/mol. The molecule has 0 saturated heterocycles. The van der Waals surface area contributed by atoms with Crippen molar-refractivity contribution in [1.29, 1.82) is 0 Å². The van der Waals surface area contributed by atoms with E-state index in [1.54, 1.807) is 0 Å². The summed E-state index contributed by atoms with van der Waals surface area (Å²) >= 11 is 4.57. The number of hydrogen-bond acceptors (Lipinski definition) is 8. The second-order valence-corrected chi connectivity index (χ2v) is 10.8. The molecule has 3 N–H and O–H groups in total. The van der Waals surface area contributed by atoms with Crippen LogP contribution in [-0.2, 0) is 30.4 Å². The third kappa shape index (κ3) is 5.64. The molecule has 0 radical (unpaired) electrons. The van der Waals surface area contributed by atoms with Crippen molar-refractivity contribution < 1.29 is 38.9 Å². The Hall–Kier alpha value is 0.450. The van der Waals surface area contributed by atoms with E-state index in [1.165, 1.54) is 18.2 Å². The molecule has 0 atom stereocenters. The molecule has 0 aromatic heterocycles. The second-order valence-electron chi connectivity index (χ2n) is 6.47. The Kier molecular flexibility index (Phi) is 10.6. The van der Waals surface area contributed by atoms with Crippen LogP contribution in [0, 0.1) is 0 Å². The van der Waals surface area contributed by atoms with Gasteiger partial charge in [-0.3, -0.25) is 13.7 Å². The first-order valence-electron chi connectivity index (χ1n) is 8.04. The van der Waals surface area contributed by atoms with E-state index in [-0.39, 0.29) is 127 Å². The first-order valence-corrected chi connectivity index (χ1v) is 12.8. The molecule has 0 amide bonds. The van der Waals surface area contributed by atoms with Gasteiger partial charge in [0.2, 0.25) is 0 Å². The average Bonchev–Trinajstić information content (AvgIpc) is 2.63. The molecular formula is C17H12NNa3O9S4. The Morgan fingerprint density at radius 3 is 1.29 bits per heavy atom. The number of thiocarbonyl (C=S) groups is 1. The first kappa shape index (κ1) is 32.5. The number of benzene rings is 4. The van der Waals surface area contributed by atoms with Gasteiger partial charge >= 0.3 is 88.7 Å². The molecule has 0 unspecified atom stereocenters. The third-order valence-corrected chi connectivity index (χ3v) is 7.53. The van der Waals surface area contributed by atoms with Gasteiger partial charge in [0.15, 0.2) is 0 Å². The van der Waals surface area contributed by atoms with E-state index >= 15 is 0 Å². The van der Waals surface area contributed by atoms with E-state index in [0.717, 1.165) is 12.1 Å². The monoisotopic (exact) mass is 571 g/mol. The molecular weight excluding hydrogens is 559 g/mol. The fourth-order valence-electron chi connectivity index (χ4n) is 3.66. The number of isothiocyanates is 1. The van der Waals surface area contributed by atoms with E-state index in [2.05, 4.69) is 22.4 Å². The second kappa shape index (κ2) is 11.1. The van der Waals surface area contributed by atoms with Crippen molar-refractivity contribution in [2.24, 2.45) is 4.99 Å². The van der Waals surface area contributed by atoms with Gasteiger partial charge in [-0.05, 0) is 24.4 Å². The van der Waals surface area contributed by atoms with E-state index in [9.17, 15) is 38.9 Å². The molecule has 0 aliphatic rings. The molecule has 0 heterocycles. The number of rotatable bonds is 4. The summed E-state index contributed by atoms with van der Waals surface area (Å²) in [4.78, 5) is 1.55. The van der Waals surface area contributed by atoms with Crippen LogP contribution in [0.5, 0.6) is 0 Å². The standard InChI is InChI=1S/C17H9NO9S4.3Na.3H/c19-29(20,21)13-5-12(18-7-28)8-1-2-10-14(30(22,23)24)6-15(31(25,26)27)11-4-3-9(13)16(8)17(10)11;;;;;;/h1-6H,(H,19,20,21)(H,22,23,24)(H,25,26,27);;;;;;. The van der Waals surface area contributed by atoms with Gasteiger partial charge in [-0.15, -0.1) is 0 Å². The van der Waals surface area contributed by atoms with Crippen molar-refractivity contribution in [3.63, 3.8) is 0 Å². The van der Waals surface area contributed by atoms with Crippen LogP contribution in [0.2, 0.25) is 0 Å². The van der Waals surface area contributed by atoms with Gasteiger partial charge < -0.3 is 0 Å². The minimum atomic E-state index is -4.96. The van der Waals surface area contributed by atoms with Gasteiger partial charge in [-0.25, -0.2) is 0 Å². The van der Waals surface area contributed by atoms with E-state index in [1.807, 2.05) is 0 Å². The molecule has 34 heavy (non-hydrogen) atoms. The zero-order valence-corrected chi connectivity index (χ0v) is 18.1. The molecule has 4 rings (SSSR count). The fourth-order valence-corrected chi connectivity index (χ4v) is 5.97. The van der Waals surface area contributed by atoms with Crippen molar-refractivity contribution in [3.8, 4) is 0 Å². The third-order valence-electron chi connectivity index (χ3n) is 4.76. The van der Waals surface area contributed by atoms with Crippen LogP contribution >= 0.6 is 12.2 Å². The average molecular weight is 572 g/mol. The molecule has 17 heteroatoms. The molecule has 4 aromatic carbocycles. The Morgan fingerprint density at radius 1 is 0.618 bits per heavy atom. The van der Waals surface area contributed by atoms with Crippen molar-refractivity contribution in [2.75, 3.05) is 0 Å². The van der Waals surface area contributed by atoms with Crippen LogP contribution in [0.1, 0.15) is 0 Å². The maximum atomic E-state index is 12.0. The Balaban J connectivity index is 0.00000193. The Morgan fingerprint density at radius 2 is 0.941 bits per heavy atom. The Labute approximate surface area is 265 Å². The molecule has 0 saturated carbocycles. The molecule has 0 aliphatic heterocycles. The topological polar surface area (TPSA) is 175 Å². The number of aliphatic imine (C=N–C) groups is 1. The van der Waals surface area contributed by atoms with Gasteiger partial charge in [0.05, 0.1) is 10.8 Å². The summed E-state index contributed by atoms with van der Waals surface area (Å²) in [6, 6.07) is 6.61. The molecule has 166 valence electrons. The molecule has 10 nitrogen and oxygen atoms in total. The first-order chi connectivity index (χ1) is 14.2. The summed E-state index contributed by atoms with van der Waals surface area (Å²) in [5.41, 5.74) is -0.0461. The summed E-state index contributed by atoms with van der Waals surface area (Å²) in [5.74, 6) is 0. The van der Waals surface area contributed by atoms with Crippen molar-refractivity contribution in [3.05, 3.63) is 36.4 Å². The fraction of sp³-hybridized carbons (Fsp3) is 0.